The number of amides is 2. The summed E-state index contributed by atoms with van der Waals surface area (Å²) in [6.45, 7) is 6.84. The van der Waals surface area contributed by atoms with Gasteiger partial charge in [0.05, 0.1) is 30.2 Å². The summed E-state index contributed by atoms with van der Waals surface area (Å²) in [6, 6.07) is 3.67. The number of aromatic nitrogens is 2. The largest absolute Gasteiger partial charge is 0.416 e. The maximum Gasteiger partial charge on any atom is 0.416 e. The van der Waals surface area contributed by atoms with Gasteiger partial charge in [-0.25, -0.2) is 8.42 Å². The molecule has 3 heterocycles. The van der Waals surface area contributed by atoms with Crippen molar-refractivity contribution < 1.29 is 36.3 Å². The Hall–Kier alpha value is -3.01. The molecule has 2 aliphatic rings. The fraction of sp³-hybridized carbons (Fsp3) is 0.633. The second kappa shape index (κ2) is 13.8. The lowest BCUT2D eigenvalue weighted by atomic mass is 9.97. The van der Waals surface area contributed by atoms with Crippen LogP contribution in [0.2, 0.25) is 0 Å². The molecule has 15 heteroatoms. The monoisotopic (exact) mass is 656 g/mol. The third-order valence-corrected chi connectivity index (χ3v) is 9.72. The number of carbonyl (C=O) groups excluding carboxylic acids is 2. The number of likely N-dealkylation sites (N-methyl/N-ethyl adjacent to an activating group) is 1. The van der Waals surface area contributed by atoms with Crippen molar-refractivity contribution in [3.63, 3.8) is 0 Å². The Morgan fingerprint density at radius 3 is 2.53 bits per heavy atom. The number of nitrogens with one attached hydrogen (secondary N) is 1. The van der Waals surface area contributed by atoms with Crippen molar-refractivity contribution in [1.82, 2.24) is 29.2 Å². The molecule has 1 saturated heterocycles. The minimum Gasteiger partial charge on any atom is -0.390 e. The Morgan fingerprint density at radius 2 is 1.91 bits per heavy atom. The van der Waals surface area contributed by atoms with Crippen LogP contribution in [-0.4, -0.2) is 101 Å². The van der Waals surface area contributed by atoms with Gasteiger partial charge in [0.1, 0.15) is 0 Å². The fourth-order valence-electron chi connectivity index (χ4n) is 6.04. The number of hydrogen-bond acceptors (Lipinski definition) is 7. The number of aliphatic hydroxyl groups is 1. The minimum absolute atomic E-state index is 0.00768. The molecule has 1 aromatic carbocycles. The number of fused-ring (bicyclic) bond motifs is 1. The van der Waals surface area contributed by atoms with Crippen molar-refractivity contribution in [2.75, 3.05) is 39.5 Å². The molecule has 1 aromatic heterocycles. The van der Waals surface area contributed by atoms with Gasteiger partial charge in [0.15, 0.2) is 0 Å². The van der Waals surface area contributed by atoms with Crippen molar-refractivity contribution in [3.8, 4) is 11.3 Å². The van der Waals surface area contributed by atoms with Gasteiger partial charge in [-0.3, -0.25) is 19.2 Å². The number of carbonyl (C=O) groups is 2. The van der Waals surface area contributed by atoms with Crippen LogP contribution >= 0.6 is 0 Å². The van der Waals surface area contributed by atoms with E-state index in [1.807, 2.05) is 13.8 Å². The highest BCUT2D eigenvalue weighted by molar-refractivity contribution is 7.88. The van der Waals surface area contributed by atoms with Gasteiger partial charge < -0.3 is 15.3 Å². The summed E-state index contributed by atoms with van der Waals surface area (Å²) in [5, 5.41) is 18.4. The van der Waals surface area contributed by atoms with Gasteiger partial charge in [-0.05, 0) is 30.0 Å². The molecule has 45 heavy (non-hydrogen) atoms. The molecular formula is C30H43F3N6O5S. The number of likely N-dealkylation sites (tertiary alicyclic amines) is 1. The quantitative estimate of drug-likeness (QED) is 0.381. The van der Waals surface area contributed by atoms with Crippen LogP contribution in [0.5, 0.6) is 0 Å². The Morgan fingerprint density at radius 1 is 1.20 bits per heavy atom. The Labute approximate surface area is 262 Å². The number of aliphatic hydroxyl groups excluding tert-OH is 1. The molecule has 0 aliphatic carbocycles. The van der Waals surface area contributed by atoms with E-state index >= 15 is 0 Å². The molecule has 11 nitrogen and oxygen atoms in total. The van der Waals surface area contributed by atoms with E-state index in [0.717, 1.165) is 18.7 Å². The van der Waals surface area contributed by atoms with E-state index in [1.54, 1.807) is 16.6 Å². The number of hydrogen-bond donors (Lipinski definition) is 2. The Bertz CT molecular complexity index is 1510. The lowest BCUT2D eigenvalue weighted by Gasteiger charge is -2.27. The molecule has 0 bridgehead atoms. The lowest BCUT2D eigenvalue weighted by Crippen LogP contribution is -2.40. The first-order chi connectivity index (χ1) is 20.9. The Balaban J connectivity index is 1.64. The van der Waals surface area contributed by atoms with Crippen molar-refractivity contribution in [3.05, 3.63) is 40.6 Å². The summed E-state index contributed by atoms with van der Waals surface area (Å²) < 4.78 is 69.6. The third kappa shape index (κ3) is 8.63. The molecule has 2 N–H and O–H groups in total. The molecule has 2 atom stereocenters. The Kier molecular flexibility index (Phi) is 10.7. The van der Waals surface area contributed by atoms with Gasteiger partial charge in [0.25, 0.3) is 0 Å². The second-order valence-electron chi connectivity index (χ2n) is 12.5. The fourth-order valence-corrected chi connectivity index (χ4v) is 6.83. The maximum absolute atomic E-state index is 13.9. The van der Waals surface area contributed by atoms with E-state index in [-0.39, 0.29) is 61.9 Å². The smallest absolute Gasteiger partial charge is 0.390 e. The summed E-state index contributed by atoms with van der Waals surface area (Å²) >= 11 is 0. The van der Waals surface area contributed by atoms with Crippen LogP contribution in [-0.2, 0) is 51.8 Å². The maximum atomic E-state index is 13.9. The van der Waals surface area contributed by atoms with Crippen LogP contribution in [0.25, 0.3) is 11.3 Å². The number of halogens is 3. The van der Waals surface area contributed by atoms with E-state index in [4.69, 9.17) is 5.10 Å². The number of benzene rings is 1. The van der Waals surface area contributed by atoms with Gasteiger partial charge >= 0.3 is 6.18 Å². The lowest BCUT2D eigenvalue weighted by molar-refractivity contribution is -0.138. The molecule has 2 amide bonds. The average Bonchev–Trinajstić information content (AvgIpc) is 3.54. The first kappa shape index (κ1) is 34.9. The SMILES string of the molecule is CC(=O)N(C)C1CCN(CC(O)Cn2nc(-c3ccc(C(F)(F)F)c(CNC(=O)CC(C)C)c3)c3c2CCN(S(C)(=O)=O)C3)C1. The number of alkyl halides is 3. The highest BCUT2D eigenvalue weighted by Crippen LogP contribution is 2.37. The number of sulfonamides is 1. The zero-order chi connectivity index (χ0) is 33.3. The molecule has 0 saturated carbocycles. The van der Waals surface area contributed by atoms with Crippen LogP contribution in [0, 0.1) is 5.92 Å². The van der Waals surface area contributed by atoms with Gasteiger partial charge in [-0.2, -0.15) is 22.6 Å². The van der Waals surface area contributed by atoms with Crippen molar-refractivity contribution >= 4 is 21.8 Å². The molecule has 4 rings (SSSR count). The van der Waals surface area contributed by atoms with Gasteiger partial charge in [0.2, 0.25) is 21.8 Å². The number of β-amino-alcohol motifs (C(OH)–C–C–N with tert-alkyl or cyclic N) is 1. The predicted octanol–water partition coefficient (Wildman–Crippen LogP) is 2.46. The zero-order valence-corrected chi connectivity index (χ0v) is 27.2. The predicted molar refractivity (Wildman–Crippen MR) is 162 cm³/mol. The average molecular weight is 657 g/mol. The van der Waals surface area contributed by atoms with E-state index < -0.39 is 27.9 Å². The minimum atomic E-state index is -4.65. The zero-order valence-electron chi connectivity index (χ0n) is 26.4. The standard InChI is InChI=1S/C30H43F3N6O5S/c1-19(2)12-28(42)34-14-22-13-21(6-7-26(22)30(31,32)33)29-25-18-38(45(5,43)44)11-9-27(25)39(35-29)17-24(41)16-37-10-8-23(15-37)36(4)20(3)40/h6-7,13,19,23-24,41H,8-12,14-18H2,1-5H3,(H,34,42). The second-order valence-corrected chi connectivity index (χ2v) is 14.5. The highest BCUT2D eigenvalue weighted by Gasteiger charge is 2.35. The number of rotatable bonds is 11. The van der Waals surface area contributed by atoms with Crippen molar-refractivity contribution in [1.29, 1.82) is 0 Å². The van der Waals surface area contributed by atoms with E-state index in [0.29, 0.717) is 48.6 Å². The molecule has 2 aliphatic heterocycles. The molecule has 0 spiro atoms. The summed E-state index contributed by atoms with van der Waals surface area (Å²) in [6.07, 6.45) is -3.10. The number of nitrogens with zero attached hydrogens (tertiary/aromatic N) is 5. The first-order valence-electron chi connectivity index (χ1n) is 15.1. The summed E-state index contributed by atoms with van der Waals surface area (Å²) in [4.78, 5) is 27.8. The van der Waals surface area contributed by atoms with Crippen molar-refractivity contribution in [2.24, 2.45) is 5.92 Å². The van der Waals surface area contributed by atoms with Crippen LogP contribution in [0.1, 0.15) is 56.0 Å². The van der Waals surface area contributed by atoms with Gasteiger partial charge in [-0.1, -0.05) is 19.9 Å². The van der Waals surface area contributed by atoms with E-state index in [2.05, 4.69) is 10.2 Å². The summed E-state index contributed by atoms with van der Waals surface area (Å²) in [5.74, 6) is -0.346. The molecule has 2 unspecified atom stereocenters. The summed E-state index contributed by atoms with van der Waals surface area (Å²) in [5.41, 5.74) is 0.959. The van der Waals surface area contributed by atoms with Crippen molar-refractivity contribution in [2.45, 2.75) is 78.0 Å². The normalized spacial score (nSPS) is 18.7. The molecule has 2 aromatic rings. The van der Waals surface area contributed by atoms with E-state index in [1.165, 1.54) is 23.4 Å². The van der Waals surface area contributed by atoms with Crippen LogP contribution in [0.4, 0.5) is 13.2 Å². The first-order valence-corrected chi connectivity index (χ1v) is 16.9. The van der Waals surface area contributed by atoms with Crippen LogP contribution in [0.15, 0.2) is 18.2 Å². The highest BCUT2D eigenvalue weighted by atomic mass is 32.2. The molecule has 1 fully saturated rings. The topological polar surface area (TPSA) is 128 Å². The van der Waals surface area contributed by atoms with Crippen LogP contribution < -0.4 is 5.32 Å². The van der Waals surface area contributed by atoms with Crippen LogP contribution in [0.3, 0.4) is 0 Å². The van der Waals surface area contributed by atoms with Gasteiger partial charge in [-0.15, -0.1) is 0 Å². The molecule has 0 radical (unpaired) electrons. The summed E-state index contributed by atoms with van der Waals surface area (Å²) in [7, 11) is -1.80. The molecular weight excluding hydrogens is 613 g/mol. The van der Waals surface area contributed by atoms with Gasteiger partial charge in [0, 0.05) is 88.9 Å². The molecule has 250 valence electrons. The third-order valence-electron chi connectivity index (χ3n) is 8.47. The van der Waals surface area contributed by atoms with E-state index in [9.17, 15) is 36.3 Å².